The highest BCUT2D eigenvalue weighted by atomic mass is 16.5. The number of methoxy groups -OCH3 is 2. The van der Waals surface area contributed by atoms with Crippen molar-refractivity contribution in [2.45, 2.75) is 25.7 Å². The minimum absolute atomic E-state index is 0.0835. The Labute approximate surface area is 224 Å². The molecular weight excluding hydrogens is 478 g/mol. The number of nitrogens with one attached hydrogen (secondary N) is 1. The molecule has 1 N–H and O–H groups in total. The maximum Gasteiger partial charge on any atom is 0.224 e. The standard InChI is InChI=1S/C32H33NO5/c1-35-30-20-27(15-18-29(30)38-23-26-11-7-4-8-12-26)31(36-2)21-33-32(34)19-24-13-16-28(17-14-24)37-22-25-9-5-3-6-10-25/h3-18,20,31H,19,21-23H2,1-2H3,(H,33,34). The molecule has 6 heteroatoms. The van der Waals surface area contributed by atoms with E-state index in [2.05, 4.69) is 5.32 Å². The maximum atomic E-state index is 12.6. The van der Waals surface area contributed by atoms with Crippen molar-refractivity contribution >= 4 is 5.91 Å². The van der Waals surface area contributed by atoms with Gasteiger partial charge in [0.2, 0.25) is 5.91 Å². The second-order valence-electron chi connectivity index (χ2n) is 8.81. The molecule has 0 saturated carbocycles. The van der Waals surface area contributed by atoms with Crippen LogP contribution in [0, 0.1) is 0 Å². The number of ether oxygens (including phenoxy) is 4. The Kier molecular flexibility index (Phi) is 9.76. The van der Waals surface area contributed by atoms with Gasteiger partial charge in [0.05, 0.1) is 19.6 Å². The van der Waals surface area contributed by atoms with Crippen molar-refractivity contribution in [3.8, 4) is 17.2 Å². The average Bonchev–Trinajstić information content (AvgIpc) is 2.97. The van der Waals surface area contributed by atoms with E-state index >= 15 is 0 Å². The molecule has 0 aliphatic heterocycles. The van der Waals surface area contributed by atoms with E-state index in [1.54, 1.807) is 14.2 Å². The molecular formula is C32H33NO5. The highest BCUT2D eigenvalue weighted by Gasteiger charge is 2.16. The maximum absolute atomic E-state index is 12.6. The summed E-state index contributed by atoms with van der Waals surface area (Å²) in [5, 5.41) is 2.97. The smallest absolute Gasteiger partial charge is 0.224 e. The summed E-state index contributed by atoms with van der Waals surface area (Å²) in [6, 6.07) is 33.2. The zero-order valence-corrected chi connectivity index (χ0v) is 21.8. The lowest BCUT2D eigenvalue weighted by molar-refractivity contribution is -0.121. The molecule has 0 aromatic heterocycles. The van der Waals surface area contributed by atoms with Crippen LogP contribution in [0.5, 0.6) is 17.2 Å². The van der Waals surface area contributed by atoms with Crippen LogP contribution in [0.3, 0.4) is 0 Å². The minimum atomic E-state index is -0.329. The van der Waals surface area contributed by atoms with E-state index in [-0.39, 0.29) is 18.4 Å². The normalized spacial score (nSPS) is 11.4. The summed E-state index contributed by atoms with van der Waals surface area (Å²) < 4.78 is 23.0. The van der Waals surface area contributed by atoms with E-state index in [1.807, 2.05) is 103 Å². The zero-order valence-electron chi connectivity index (χ0n) is 21.8. The number of carbonyl (C=O) groups excluding carboxylic acids is 1. The van der Waals surface area contributed by atoms with Crippen LogP contribution in [0.15, 0.2) is 103 Å². The number of hydrogen-bond donors (Lipinski definition) is 1. The molecule has 0 spiro atoms. The third-order valence-electron chi connectivity index (χ3n) is 6.10. The molecule has 38 heavy (non-hydrogen) atoms. The van der Waals surface area contributed by atoms with Gasteiger partial charge in [0, 0.05) is 13.7 Å². The molecule has 0 bridgehead atoms. The molecule has 0 aliphatic carbocycles. The molecule has 4 aromatic carbocycles. The molecule has 4 aromatic rings. The summed E-state index contributed by atoms with van der Waals surface area (Å²) >= 11 is 0. The summed E-state index contributed by atoms with van der Waals surface area (Å²) in [6.07, 6.45) is -0.0601. The molecule has 4 rings (SSSR count). The molecule has 1 amide bonds. The average molecular weight is 512 g/mol. The van der Waals surface area contributed by atoms with Crippen LogP contribution in [0.1, 0.15) is 28.4 Å². The number of hydrogen-bond acceptors (Lipinski definition) is 5. The fourth-order valence-electron chi connectivity index (χ4n) is 3.98. The lowest BCUT2D eigenvalue weighted by atomic mass is 10.1. The quantitative estimate of drug-likeness (QED) is 0.242. The van der Waals surface area contributed by atoms with Crippen LogP contribution in [-0.4, -0.2) is 26.7 Å². The van der Waals surface area contributed by atoms with Gasteiger partial charge in [-0.1, -0.05) is 78.9 Å². The van der Waals surface area contributed by atoms with Gasteiger partial charge >= 0.3 is 0 Å². The van der Waals surface area contributed by atoms with Gasteiger partial charge < -0.3 is 24.3 Å². The first-order valence-electron chi connectivity index (χ1n) is 12.5. The second-order valence-corrected chi connectivity index (χ2v) is 8.81. The summed E-state index contributed by atoms with van der Waals surface area (Å²) in [5.41, 5.74) is 3.97. The van der Waals surface area contributed by atoms with E-state index in [1.165, 1.54) is 0 Å². The van der Waals surface area contributed by atoms with Gasteiger partial charge in [-0.05, 0) is 46.5 Å². The summed E-state index contributed by atoms with van der Waals surface area (Å²) in [4.78, 5) is 12.6. The van der Waals surface area contributed by atoms with Crippen molar-refractivity contribution in [3.63, 3.8) is 0 Å². The van der Waals surface area contributed by atoms with E-state index in [9.17, 15) is 4.79 Å². The van der Waals surface area contributed by atoms with Crippen molar-refractivity contribution in [2.24, 2.45) is 0 Å². The lowest BCUT2D eigenvalue weighted by Crippen LogP contribution is -2.30. The van der Waals surface area contributed by atoms with Gasteiger partial charge in [-0.2, -0.15) is 0 Å². The second kappa shape index (κ2) is 13.9. The van der Waals surface area contributed by atoms with E-state index in [0.29, 0.717) is 31.3 Å². The first-order chi connectivity index (χ1) is 18.6. The van der Waals surface area contributed by atoms with Crippen LogP contribution >= 0.6 is 0 Å². The van der Waals surface area contributed by atoms with Gasteiger partial charge in [0.25, 0.3) is 0 Å². The SMILES string of the molecule is COc1cc(C(CNC(=O)Cc2ccc(OCc3ccccc3)cc2)OC)ccc1OCc1ccccc1. The predicted octanol–water partition coefficient (Wildman–Crippen LogP) is 5.90. The van der Waals surface area contributed by atoms with E-state index in [4.69, 9.17) is 18.9 Å². The van der Waals surface area contributed by atoms with Gasteiger partial charge in [0.1, 0.15) is 19.0 Å². The molecule has 0 aliphatic rings. The highest BCUT2D eigenvalue weighted by molar-refractivity contribution is 5.78. The largest absolute Gasteiger partial charge is 0.493 e. The van der Waals surface area contributed by atoms with Crippen LogP contribution in [0.2, 0.25) is 0 Å². The van der Waals surface area contributed by atoms with Gasteiger partial charge in [-0.3, -0.25) is 4.79 Å². The molecule has 0 fully saturated rings. The summed E-state index contributed by atoms with van der Waals surface area (Å²) in [7, 11) is 3.23. The van der Waals surface area contributed by atoms with Crippen LogP contribution < -0.4 is 19.5 Å². The Morgan fingerprint density at radius 3 is 1.95 bits per heavy atom. The van der Waals surface area contributed by atoms with Crippen molar-refractivity contribution in [3.05, 3.63) is 125 Å². The Hall–Kier alpha value is -4.29. The number of carbonyl (C=O) groups is 1. The minimum Gasteiger partial charge on any atom is -0.493 e. The molecule has 0 radical (unpaired) electrons. The van der Waals surface area contributed by atoms with E-state index in [0.717, 1.165) is 28.0 Å². The molecule has 0 saturated heterocycles. The molecule has 196 valence electrons. The van der Waals surface area contributed by atoms with Gasteiger partial charge in [0.15, 0.2) is 11.5 Å². The van der Waals surface area contributed by atoms with Crippen LogP contribution in [0.4, 0.5) is 0 Å². The number of rotatable bonds is 13. The first kappa shape index (κ1) is 26.8. The first-order valence-corrected chi connectivity index (χ1v) is 12.5. The van der Waals surface area contributed by atoms with Gasteiger partial charge in [-0.25, -0.2) is 0 Å². The number of amides is 1. The van der Waals surface area contributed by atoms with Gasteiger partial charge in [-0.15, -0.1) is 0 Å². The molecule has 6 nitrogen and oxygen atoms in total. The van der Waals surface area contributed by atoms with Crippen molar-refractivity contribution < 1.29 is 23.7 Å². The Balaban J connectivity index is 1.27. The summed E-state index contributed by atoms with van der Waals surface area (Å²) in [5.74, 6) is 1.94. The third kappa shape index (κ3) is 7.85. The highest BCUT2D eigenvalue weighted by Crippen LogP contribution is 2.31. The fourth-order valence-corrected chi connectivity index (χ4v) is 3.98. The van der Waals surface area contributed by atoms with Crippen molar-refractivity contribution in [1.82, 2.24) is 5.32 Å². The van der Waals surface area contributed by atoms with E-state index < -0.39 is 0 Å². The Bertz CT molecular complexity index is 1280. The molecule has 1 atom stereocenters. The zero-order chi connectivity index (χ0) is 26.6. The Morgan fingerprint density at radius 2 is 1.34 bits per heavy atom. The Morgan fingerprint density at radius 1 is 0.711 bits per heavy atom. The van der Waals surface area contributed by atoms with Crippen molar-refractivity contribution in [2.75, 3.05) is 20.8 Å². The van der Waals surface area contributed by atoms with Crippen LogP contribution in [0.25, 0.3) is 0 Å². The lowest BCUT2D eigenvalue weighted by Gasteiger charge is -2.19. The monoisotopic (exact) mass is 511 g/mol. The van der Waals surface area contributed by atoms with Crippen molar-refractivity contribution in [1.29, 1.82) is 0 Å². The third-order valence-corrected chi connectivity index (χ3v) is 6.10. The van der Waals surface area contributed by atoms with Crippen LogP contribution in [-0.2, 0) is 29.2 Å². The topological polar surface area (TPSA) is 66.0 Å². The fraction of sp³-hybridized carbons (Fsp3) is 0.219. The molecule has 1 unspecified atom stereocenters. The number of benzene rings is 4. The summed E-state index contributed by atoms with van der Waals surface area (Å²) in [6.45, 7) is 1.28. The molecule has 0 heterocycles. The predicted molar refractivity (Wildman–Crippen MR) is 147 cm³/mol.